The number of carbonyl (C=O) groups excluding carboxylic acids is 2. The molecule has 2 aromatic carbocycles. The van der Waals surface area contributed by atoms with Crippen LogP contribution in [0.3, 0.4) is 0 Å². The molecule has 7 heteroatoms. The van der Waals surface area contributed by atoms with Gasteiger partial charge in [-0.05, 0) is 35.4 Å². The van der Waals surface area contributed by atoms with Crippen molar-refractivity contribution in [3.8, 4) is 5.75 Å². The fraction of sp³-hybridized carbons (Fsp3) is 0.222. The van der Waals surface area contributed by atoms with E-state index < -0.39 is 6.03 Å². The third-order valence-electron chi connectivity index (χ3n) is 3.35. The lowest BCUT2D eigenvalue weighted by Gasteiger charge is -2.08. The minimum atomic E-state index is -0.616. The van der Waals surface area contributed by atoms with E-state index in [0.717, 1.165) is 16.9 Å². The fourth-order valence-electron chi connectivity index (χ4n) is 2.12. The number of hydrogen-bond acceptors (Lipinski definition) is 4. The minimum absolute atomic E-state index is 0.0292. The Morgan fingerprint density at radius 2 is 1.84 bits per heavy atom. The van der Waals surface area contributed by atoms with Gasteiger partial charge in [-0.25, -0.2) is 4.79 Å². The fourth-order valence-corrected chi connectivity index (χ4v) is 2.12. The quantitative estimate of drug-likeness (QED) is 0.682. The van der Waals surface area contributed by atoms with Crippen LogP contribution in [-0.4, -0.2) is 25.7 Å². The second kappa shape index (κ2) is 9.29. The van der Waals surface area contributed by atoms with E-state index in [2.05, 4.69) is 10.6 Å². The molecule has 0 bridgehead atoms. The third-order valence-corrected chi connectivity index (χ3v) is 3.35. The number of hydrogen-bond donors (Lipinski definition) is 3. The van der Waals surface area contributed by atoms with Crippen molar-refractivity contribution in [1.29, 1.82) is 0 Å². The molecule has 0 aliphatic rings. The number of carbonyl (C=O) groups is 2. The average Bonchev–Trinajstić information content (AvgIpc) is 2.61. The van der Waals surface area contributed by atoms with Crippen molar-refractivity contribution in [2.45, 2.75) is 13.2 Å². The molecule has 0 saturated carbocycles. The van der Waals surface area contributed by atoms with Gasteiger partial charge >= 0.3 is 6.03 Å². The standard InChI is InChI=1S/C18H21N3O4/c1-24-16-4-2-3-14(9-16)11-25-12-17(22)20-10-13-5-7-15(8-6-13)21-18(19)23/h2-9H,10-12H2,1H3,(H,20,22)(H3,19,21,23). The number of anilines is 1. The average molecular weight is 343 g/mol. The molecule has 0 atom stereocenters. The van der Waals surface area contributed by atoms with Crippen molar-refractivity contribution < 1.29 is 19.1 Å². The zero-order chi connectivity index (χ0) is 18.1. The SMILES string of the molecule is COc1cccc(COCC(=O)NCc2ccc(NC(N)=O)cc2)c1. The molecule has 0 fully saturated rings. The summed E-state index contributed by atoms with van der Waals surface area (Å²) in [5.41, 5.74) is 7.47. The smallest absolute Gasteiger partial charge is 0.316 e. The maximum Gasteiger partial charge on any atom is 0.316 e. The van der Waals surface area contributed by atoms with E-state index in [1.54, 1.807) is 31.4 Å². The van der Waals surface area contributed by atoms with Crippen molar-refractivity contribution in [2.75, 3.05) is 19.0 Å². The molecule has 0 unspecified atom stereocenters. The highest BCUT2D eigenvalue weighted by atomic mass is 16.5. The van der Waals surface area contributed by atoms with Gasteiger partial charge < -0.3 is 25.8 Å². The molecule has 2 rings (SSSR count). The van der Waals surface area contributed by atoms with E-state index in [1.165, 1.54) is 0 Å². The van der Waals surface area contributed by atoms with Crippen molar-refractivity contribution in [1.82, 2.24) is 5.32 Å². The summed E-state index contributed by atoms with van der Waals surface area (Å²) in [6.45, 7) is 0.675. The first-order chi connectivity index (χ1) is 12.1. The van der Waals surface area contributed by atoms with Crippen molar-refractivity contribution >= 4 is 17.6 Å². The monoisotopic (exact) mass is 343 g/mol. The van der Waals surface area contributed by atoms with Gasteiger partial charge in [0.15, 0.2) is 0 Å². The molecule has 4 N–H and O–H groups in total. The molecule has 3 amide bonds. The maximum atomic E-state index is 11.8. The van der Waals surface area contributed by atoms with Crippen LogP contribution in [-0.2, 0) is 22.7 Å². The Morgan fingerprint density at radius 3 is 2.52 bits per heavy atom. The first-order valence-corrected chi connectivity index (χ1v) is 7.69. The summed E-state index contributed by atoms with van der Waals surface area (Å²) in [4.78, 5) is 22.5. The van der Waals surface area contributed by atoms with Crippen LogP contribution in [0.25, 0.3) is 0 Å². The van der Waals surface area contributed by atoms with Crippen LogP contribution in [0.2, 0.25) is 0 Å². The number of nitrogens with two attached hydrogens (primary N) is 1. The minimum Gasteiger partial charge on any atom is -0.497 e. The van der Waals surface area contributed by atoms with E-state index in [0.29, 0.717) is 18.8 Å². The molecular weight excluding hydrogens is 322 g/mol. The summed E-state index contributed by atoms with van der Waals surface area (Å²) < 4.78 is 10.5. The Balaban J connectivity index is 1.70. The van der Waals surface area contributed by atoms with E-state index in [1.807, 2.05) is 24.3 Å². The summed E-state index contributed by atoms with van der Waals surface area (Å²) in [7, 11) is 1.60. The molecule has 0 spiro atoms. The van der Waals surface area contributed by atoms with Gasteiger partial charge in [0.2, 0.25) is 5.91 Å². The van der Waals surface area contributed by atoms with Crippen LogP contribution in [0.5, 0.6) is 5.75 Å². The number of ether oxygens (including phenoxy) is 2. The summed E-state index contributed by atoms with van der Waals surface area (Å²) in [5, 5.41) is 5.24. The van der Waals surface area contributed by atoms with Gasteiger partial charge in [-0.3, -0.25) is 4.79 Å². The number of urea groups is 1. The van der Waals surface area contributed by atoms with Crippen molar-refractivity contribution in [3.63, 3.8) is 0 Å². The van der Waals surface area contributed by atoms with E-state index in [9.17, 15) is 9.59 Å². The summed E-state index contributed by atoms with van der Waals surface area (Å²) in [5.74, 6) is 0.544. The largest absolute Gasteiger partial charge is 0.497 e. The number of benzene rings is 2. The molecule has 0 aliphatic heterocycles. The van der Waals surface area contributed by atoms with Gasteiger partial charge in [0, 0.05) is 12.2 Å². The molecule has 0 radical (unpaired) electrons. The molecule has 0 saturated heterocycles. The normalized spacial score (nSPS) is 10.1. The van der Waals surface area contributed by atoms with E-state index >= 15 is 0 Å². The predicted molar refractivity (Wildman–Crippen MR) is 94.1 cm³/mol. The molecule has 0 aliphatic carbocycles. The number of primary amides is 1. The highest BCUT2D eigenvalue weighted by molar-refractivity contribution is 5.87. The first kappa shape index (κ1) is 18.3. The Labute approximate surface area is 146 Å². The van der Waals surface area contributed by atoms with Gasteiger partial charge in [-0.1, -0.05) is 24.3 Å². The van der Waals surface area contributed by atoms with E-state index in [4.69, 9.17) is 15.2 Å². The lowest BCUT2D eigenvalue weighted by Crippen LogP contribution is -2.27. The van der Waals surface area contributed by atoms with Gasteiger partial charge in [0.05, 0.1) is 13.7 Å². The Kier molecular flexibility index (Phi) is 6.79. The Morgan fingerprint density at radius 1 is 1.08 bits per heavy atom. The Bertz CT molecular complexity index is 717. The topological polar surface area (TPSA) is 103 Å². The highest BCUT2D eigenvalue weighted by Gasteiger charge is 2.03. The lowest BCUT2D eigenvalue weighted by atomic mass is 10.2. The van der Waals surface area contributed by atoms with Gasteiger partial charge in [0.25, 0.3) is 0 Å². The Hall–Kier alpha value is -3.06. The van der Waals surface area contributed by atoms with Crippen LogP contribution in [0.1, 0.15) is 11.1 Å². The second-order valence-electron chi connectivity index (χ2n) is 5.31. The second-order valence-corrected chi connectivity index (χ2v) is 5.31. The summed E-state index contributed by atoms with van der Waals surface area (Å²) in [6.07, 6.45) is 0. The highest BCUT2D eigenvalue weighted by Crippen LogP contribution is 2.13. The molecule has 0 aromatic heterocycles. The zero-order valence-corrected chi connectivity index (χ0v) is 14.0. The zero-order valence-electron chi connectivity index (χ0n) is 14.0. The summed E-state index contributed by atoms with van der Waals surface area (Å²) >= 11 is 0. The van der Waals surface area contributed by atoms with Crippen LogP contribution >= 0.6 is 0 Å². The molecule has 0 heterocycles. The number of rotatable bonds is 8. The van der Waals surface area contributed by atoms with Crippen LogP contribution in [0.4, 0.5) is 10.5 Å². The van der Waals surface area contributed by atoms with Crippen LogP contribution < -0.4 is 21.1 Å². The number of nitrogens with one attached hydrogen (secondary N) is 2. The molecule has 25 heavy (non-hydrogen) atoms. The molecular formula is C18H21N3O4. The van der Waals surface area contributed by atoms with Crippen molar-refractivity contribution in [3.05, 3.63) is 59.7 Å². The van der Waals surface area contributed by atoms with Crippen LogP contribution in [0.15, 0.2) is 48.5 Å². The predicted octanol–water partition coefficient (Wildman–Crippen LogP) is 2.02. The number of amides is 3. The van der Waals surface area contributed by atoms with Crippen LogP contribution in [0, 0.1) is 0 Å². The molecule has 2 aromatic rings. The lowest BCUT2D eigenvalue weighted by molar-refractivity contribution is -0.126. The van der Waals surface area contributed by atoms with Gasteiger partial charge in [0.1, 0.15) is 12.4 Å². The van der Waals surface area contributed by atoms with Gasteiger partial charge in [-0.2, -0.15) is 0 Å². The molecule has 7 nitrogen and oxygen atoms in total. The molecule has 132 valence electrons. The summed E-state index contributed by atoms with van der Waals surface area (Å²) in [6, 6.07) is 13.9. The van der Waals surface area contributed by atoms with Gasteiger partial charge in [-0.15, -0.1) is 0 Å². The maximum absolute atomic E-state index is 11.8. The van der Waals surface area contributed by atoms with Crippen molar-refractivity contribution in [2.24, 2.45) is 5.73 Å². The first-order valence-electron chi connectivity index (χ1n) is 7.69. The number of methoxy groups -OCH3 is 1. The third kappa shape index (κ3) is 6.52. The van der Waals surface area contributed by atoms with E-state index in [-0.39, 0.29) is 12.5 Å².